The average molecular weight is 224 g/mol. The molecular formula is C13H20O3. The molecule has 0 aliphatic rings. The zero-order valence-electron chi connectivity index (χ0n) is 10.1. The lowest BCUT2D eigenvalue weighted by Gasteiger charge is -2.24. The summed E-state index contributed by atoms with van der Waals surface area (Å²) < 4.78 is 5.43. The summed E-state index contributed by atoms with van der Waals surface area (Å²) in [5.41, 5.74) is 0.239. The van der Waals surface area contributed by atoms with E-state index in [2.05, 4.69) is 6.92 Å². The summed E-state index contributed by atoms with van der Waals surface area (Å²) in [6, 6.07) is 9.09. The van der Waals surface area contributed by atoms with Crippen LogP contribution in [0.1, 0.15) is 44.0 Å². The van der Waals surface area contributed by atoms with E-state index in [-0.39, 0.29) is 17.0 Å². The van der Waals surface area contributed by atoms with E-state index in [1.165, 1.54) is 0 Å². The molecule has 1 rings (SSSR count). The van der Waals surface area contributed by atoms with Gasteiger partial charge in [-0.15, -0.1) is 0 Å². The molecule has 0 unspecified atom stereocenters. The maximum atomic E-state index is 11.7. The molecule has 1 aromatic carbocycles. The molecule has 0 heterocycles. The first-order chi connectivity index (χ1) is 7.05. The van der Waals surface area contributed by atoms with Crippen molar-refractivity contribution in [1.29, 1.82) is 0 Å². The van der Waals surface area contributed by atoms with E-state index >= 15 is 0 Å². The molecule has 90 valence electrons. The molecule has 0 spiro atoms. The van der Waals surface area contributed by atoms with Crippen molar-refractivity contribution in [2.24, 2.45) is 0 Å². The Labute approximate surface area is 96.7 Å². The van der Waals surface area contributed by atoms with Crippen molar-refractivity contribution in [3.8, 4) is 0 Å². The first-order valence-corrected chi connectivity index (χ1v) is 5.33. The van der Waals surface area contributed by atoms with Gasteiger partial charge in [-0.25, -0.2) is 4.79 Å². The van der Waals surface area contributed by atoms with E-state index in [0.29, 0.717) is 5.56 Å². The van der Waals surface area contributed by atoms with E-state index in [1.54, 1.807) is 12.1 Å². The van der Waals surface area contributed by atoms with Crippen molar-refractivity contribution in [3.05, 3.63) is 35.9 Å². The highest BCUT2D eigenvalue weighted by atomic mass is 16.6. The molecule has 0 saturated carbocycles. The average Bonchev–Trinajstić information content (AvgIpc) is 2.18. The molecule has 16 heavy (non-hydrogen) atoms. The van der Waals surface area contributed by atoms with E-state index in [4.69, 9.17) is 4.74 Å². The van der Waals surface area contributed by atoms with Gasteiger partial charge in [-0.1, -0.05) is 31.5 Å². The van der Waals surface area contributed by atoms with Gasteiger partial charge in [0.1, 0.15) is 5.60 Å². The molecular weight excluding hydrogens is 204 g/mol. The van der Waals surface area contributed by atoms with Gasteiger partial charge >= 0.3 is 5.97 Å². The third-order valence-electron chi connectivity index (χ3n) is 2.23. The number of carbonyl (C=O) groups excluding carboxylic acids is 1. The first kappa shape index (κ1) is 14.6. The number of ether oxygens (including phenoxy) is 1. The van der Waals surface area contributed by atoms with Crippen molar-refractivity contribution in [1.82, 2.24) is 0 Å². The van der Waals surface area contributed by atoms with Crippen molar-refractivity contribution >= 4 is 5.97 Å². The predicted octanol–water partition coefficient (Wildman–Crippen LogP) is 2.60. The van der Waals surface area contributed by atoms with Gasteiger partial charge in [0.05, 0.1) is 5.56 Å². The molecule has 0 radical (unpaired) electrons. The lowest BCUT2D eigenvalue weighted by Crippen LogP contribution is -2.27. The number of rotatable bonds is 4. The summed E-state index contributed by atoms with van der Waals surface area (Å²) >= 11 is 0. The number of carbonyl (C=O) groups is 1. The van der Waals surface area contributed by atoms with Crippen LogP contribution in [0.4, 0.5) is 0 Å². The topological polar surface area (TPSA) is 57.8 Å². The highest BCUT2D eigenvalue weighted by molar-refractivity contribution is 5.89. The van der Waals surface area contributed by atoms with Crippen LogP contribution >= 0.6 is 0 Å². The second-order valence-corrected chi connectivity index (χ2v) is 4.27. The minimum absolute atomic E-state index is 0. The van der Waals surface area contributed by atoms with Gasteiger partial charge in [0, 0.05) is 0 Å². The Balaban J connectivity index is 0.00000225. The van der Waals surface area contributed by atoms with Crippen LogP contribution in [0.2, 0.25) is 0 Å². The molecule has 2 N–H and O–H groups in total. The summed E-state index contributed by atoms with van der Waals surface area (Å²) in [5, 5.41) is 0. The second kappa shape index (κ2) is 6.28. The molecule has 0 atom stereocenters. The van der Waals surface area contributed by atoms with Crippen molar-refractivity contribution in [2.75, 3.05) is 0 Å². The Kier molecular flexibility index (Phi) is 5.75. The van der Waals surface area contributed by atoms with Crippen LogP contribution in [0.25, 0.3) is 0 Å². The molecule has 0 aliphatic heterocycles. The van der Waals surface area contributed by atoms with Crippen LogP contribution in [-0.2, 0) is 4.74 Å². The summed E-state index contributed by atoms with van der Waals surface area (Å²) in [4.78, 5) is 11.7. The SMILES string of the molecule is CCCC(C)(C)OC(=O)c1ccccc1.O. The molecule has 0 amide bonds. The van der Waals surface area contributed by atoms with E-state index in [9.17, 15) is 4.79 Å². The summed E-state index contributed by atoms with van der Waals surface area (Å²) in [5.74, 6) is -0.242. The Hall–Kier alpha value is -1.35. The van der Waals surface area contributed by atoms with Gasteiger partial charge < -0.3 is 10.2 Å². The zero-order chi connectivity index (χ0) is 11.3. The van der Waals surface area contributed by atoms with Gasteiger partial charge in [-0.3, -0.25) is 0 Å². The van der Waals surface area contributed by atoms with Crippen LogP contribution in [0.15, 0.2) is 30.3 Å². The fourth-order valence-corrected chi connectivity index (χ4v) is 1.54. The fourth-order valence-electron chi connectivity index (χ4n) is 1.54. The van der Waals surface area contributed by atoms with Crippen LogP contribution in [0.3, 0.4) is 0 Å². The second-order valence-electron chi connectivity index (χ2n) is 4.27. The molecule has 0 aromatic heterocycles. The highest BCUT2D eigenvalue weighted by Crippen LogP contribution is 2.18. The zero-order valence-corrected chi connectivity index (χ0v) is 10.1. The normalized spacial score (nSPS) is 10.4. The van der Waals surface area contributed by atoms with Crippen molar-refractivity contribution in [2.45, 2.75) is 39.2 Å². The monoisotopic (exact) mass is 224 g/mol. The van der Waals surface area contributed by atoms with E-state index < -0.39 is 0 Å². The Bertz CT molecular complexity index is 317. The quantitative estimate of drug-likeness (QED) is 0.738. The van der Waals surface area contributed by atoms with E-state index in [1.807, 2.05) is 32.0 Å². The van der Waals surface area contributed by atoms with Gasteiger partial charge in [-0.2, -0.15) is 0 Å². The minimum Gasteiger partial charge on any atom is -0.456 e. The smallest absolute Gasteiger partial charge is 0.338 e. The van der Waals surface area contributed by atoms with Gasteiger partial charge in [0.25, 0.3) is 0 Å². The third kappa shape index (κ3) is 4.45. The molecule has 3 nitrogen and oxygen atoms in total. The maximum absolute atomic E-state index is 11.7. The molecule has 3 heteroatoms. The van der Waals surface area contributed by atoms with E-state index in [0.717, 1.165) is 12.8 Å². The molecule has 1 aromatic rings. The lowest BCUT2D eigenvalue weighted by molar-refractivity contribution is -0.00472. The Morgan fingerprint density at radius 2 is 1.81 bits per heavy atom. The number of benzene rings is 1. The Morgan fingerprint density at radius 3 is 2.31 bits per heavy atom. The van der Waals surface area contributed by atoms with Crippen LogP contribution in [-0.4, -0.2) is 17.0 Å². The fraction of sp³-hybridized carbons (Fsp3) is 0.462. The standard InChI is InChI=1S/C13H18O2.H2O/c1-4-10-13(2,3)15-12(14)11-8-6-5-7-9-11;/h5-9H,4,10H2,1-3H3;1H2. The molecule has 0 fully saturated rings. The first-order valence-electron chi connectivity index (χ1n) is 5.33. The number of hydrogen-bond donors (Lipinski definition) is 0. The molecule has 0 aliphatic carbocycles. The molecule has 0 bridgehead atoms. The maximum Gasteiger partial charge on any atom is 0.338 e. The summed E-state index contributed by atoms with van der Waals surface area (Å²) in [6.45, 7) is 5.97. The Morgan fingerprint density at radius 1 is 1.25 bits per heavy atom. The van der Waals surface area contributed by atoms with Crippen LogP contribution in [0, 0.1) is 0 Å². The number of esters is 1. The largest absolute Gasteiger partial charge is 0.456 e. The number of hydrogen-bond acceptors (Lipinski definition) is 2. The minimum atomic E-state index is -0.373. The lowest BCUT2D eigenvalue weighted by atomic mass is 10.0. The molecule has 0 saturated heterocycles. The third-order valence-corrected chi connectivity index (χ3v) is 2.23. The summed E-state index contributed by atoms with van der Waals surface area (Å²) in [7, 11) is 0. The van der Waals surface area contributed by atoms with Gasteiger partial charge in [-0.05, 0) is 32.4 Å². The van der Waals surface area contributed by atoms with Crippen molar-refractivity contribution < 1.29 is 15.0 Å². The van der Waals surface area contributed by atoms with Crippen LogP contribution in [0.5, 0.6) is 0 Å². The van der Waals surface area contributed by atoms with Gasteiger partial charge in [0.15, 0.2) is 0 Å². The van der Waals surface area contributed by atoms with Crippen molar-refractivity contribution in [3.63, 3.8) is 0 Å². The van der Waals surface area contributed by atoms with Crippen LogP contribution < -0.4 is 0 Å². The predicted molar refractivity (Wildman–Crippen MR) is 64.5 cm³/mol. The highest BCUT2D eigenvalue weighted by Gasteiger charge is 2.22. The van der Waals surface area contributed by atoms with Gasteiger partial charge in [0.2, 0.25) is 0 Å². The summed E-state index contributed by atoms with van der Waals surface area (Å²) in [6.07, 6.45) is 1.89.